The lowest BCUT2D eigenvalue weighted by Crippen LogP contribution is -2.10. The summed E-state index contributed by atoms with van der Waals surface area (Å²) in [7, 11) is 0. The molecule has 1 atom stereocenters. The first-order chi connectivity index (χ1) is 9.52. The number of hydrogen-bond acceptors (Lipinski definition) is 2. The maximum Gasteiger partial charge on any atom is 0.120 e. The molecule has 1 unspecified atom stereocenters. The van der Waals surface area contributed by atoms with Crippen LogP contribution >= 0.6 is 39.1 Å². The number of halogens is 3. The fraction of sp³-hybridized carbons (Fsp3) is 0.200. The molecule has 2 N–H and O–H groups in total. The summed E-state index contributed by atoms with van der Waals surface area (Å²) in [5, 5.41) is 14.3. The summed E-state index contributed by atoms with van der Waals surface area (Å²) in [5.41, 5.74) is 1.57. The van der Waals surface area contributed by atoms with Crippen LogP contribution in [0.5, 0.6) is 5.75 Å². The predicted octanol–water partition coefficient (Wildman–Crippen LogP) is 6.02. The Kier molecular flexibility index (Phi) is 5.19. The summed E-state index contributed by atoms with van der Waals surface area (Å²) in [6, 6.07) is 10.8. The Morgan fingerprint density at radius 3 is 2.70 bits per heavy atom. The molecule has 0 aliphatic carbocycles. The van der Waals surface area contributed by atoms with Crippen molar-refractivity contribution in [1.82, 2.24) is 0 Å². The lowest BCUT2D eigenvalue weighted by Gasteiger charge is -2.21. The van der Waals surface area contributed by atoms with E-state index in [0.717, 1.165) is 22.1 Å². The average Bonchev–Trinajstić information content (AvgIpc) is 2.43. The van der Waals surface area contributed by atoms with Crippen LogP contribution in [0.4, 0.5) is 5.69 Å². The minimum absolute atomic E-state index is 0.0523. The third kappa shape index (κ3) is 3.40. The molecule has 0 saturated heterocycles. The molecule has 2 nitrogen and oxygen atoms in total. The predicted molar refractivity (Wildman–Crippen MR) is 88.9 cm³/mol. The number of anilines is 1. The van der Waals surface area contributed by atoms with Crippen LogP contribution in [-0.4, -0.2) is 5.11 Å². The van der Waals surface area contributed by atoms with Crippen LogP contribution in [0.2, 0.25) is 10.0 Å². The molecule has 20 heavy (non-hydrogen) atoms. The van der Waals surface area contributed by atoms with E-state index in [9.17, 15) is 5.11 Å². The Morgan fingerprint density at radius 2 is 2.00 bits per heavy atom. The van der Waals surface area contributed by atoms with Crippen LogP contribution in [0, 0.1) is 0 Å². The summed E-state index contributed by atoms with van der Waals surface area (Å²) in [4.78, 5) is 0. The van der Waals surface area contributed by atoms with Crippen LogP contribution in [0.1, 0.15) is 24.9 Å². The van der Waals surface area contributed by atoms with Crippen molar-refractivity contribution in [2.45, 2.75) is 19.4 Å². The van der Waals surface area contributed by atoms with Gasteiger partial charge in [0.2, 0.25) is 0 Å². The summed E-state index contributed by atoms with van der Waals surface area (Å²) < 4.78 is 0.919. The standard InChI is InChI=1S/C15H14BrCl2NO/c1-2-12(10-8-9(16)6-7-14(10)20)19-13-5-3-4-11(17)15(13)18/h3-8,12,19-20H,2H2,1H3. The smallest absolute Gasteiger partial charge is 0.120 e. The molecule has 5 heteroatoms. The van der Waals surface area contributed by atoms with Crippen molar-refractivity contribution in [3.8, 4) is 5.75 Å². The van der Waals surface area contributed by atoms with E-state index in [-0.39, 0.29) is 11.8 Å². The summed E-state index contributed by atoms with van der Waals surface area (Å²) in [6.07, 6.45) is 0.798. The molecule has 0 amide bonds. The van der Waals surface area contributed by atoms with Gasteiger partial charge in [0, 0.05) is 10.0 Å². The minimum atomic E-state index is -0.0523. The number of rotatable bonds is 4. The van der Waals surface area contributed by atoms with Gasteiger partial charge in [-0.2, -0.15) is 0 Å². The third-order valence-corrected chi connectivity index (χ3v) is 4.37. The van der Waals surface area contributed by atoms with E-state index in [0.29, 0.717) is 10.0 Å². The van der Waals surface area contributed by atoms with Gasteiger partial charge in [-0.1, -0.05) is 52.1 Å². The van der Waals surface area contributed by atoms with Crippen LogP contribution in [0.25, 0.3) is 0 Å². The number of nitrogens with one attached hydrogen (secondary N) is 1. The highest BCUT2D eigenvalue weighted by Crippen LogP contribution is 2.36. The van der Waals surface area contributed by atoms with Crippen molar-refractivity contribution in [3.05, 3.63) is 56.5 Å². The van der Waals surface area contributed by atoms with Crippen LogP contribution in [0.3, 0.4) is 0 Å². The van der Waals surface area contributed by atoms with E-state index in [1.54, 1.807) is 18.2 Å². The molecule has 2 rings (SSSR count). The topological polar surface area (TPSA) is 32.3 Å². The molecule has 0 aliphatic heterocycles. The molecule has 0 saturated carbocycles. The van der Waals surface area contributed by atoms with E-state index in [4.69, 9.17) is 23.2 Å². The van der Waals surface area contributed by atoms with Crippen LogP contribution in [0.15, 0.2) is 40.9 Å². The fourth-order valence-electron chi connectivity index (χ4n) is 2.01. The molecular formula is C15H14BrCl2NO. The SMILES string of the molecule is CCC(Nc1cccc(Cl)c1Cl)c1cc(Br)ccc1O. The average molecular weight is 375 g/mol. The van der Waals surface area contributed by atoms with Gasteiger partial charge in [-0.25, -0.2) is 0 Å². The largest absolute Gasteiger partial charge is 0.508 e. The molecule has 0 fully saturated rings. The first-order valence-corrected chi connectivity index (χ1v) is 7.76. The number of phenols is 1. The minimum Gasteiger partial charge on any atom is -0.508 e. The first kappa shape index (κ1) is 15.5. The number of phenolic OH excluding ortho intramolecular Hbond substituents is 1. The summed E-state index contributed by atoms with van der Waals surface area (Å²) in [5.74, 6) is 0.255. The molecule has 106 valence electrons. The molecule has 0 radical (unpaired) electrons. The Bertz CT molecular complexity index is 619. The first-order valence-electron chi connectivity index (χ1n) is 6.22. The van der Waals surface area contributed by atoms with Gasteiger partial charge in [0.25, 0.3) is 0 Å². The van der Waals surface area contributed by atoms with Crippen LogP contribution < -0.4 is 5.32 Å². The van der Waals surface area contributed by atoms with Crippen molar-refractivity contribution in [3.63, 3.8) is 0 Å². The van der Waals surface area contributed by atoms with Gasteiger partial charge in [-0.15, -0.1) is 0 Å². The zero-order valence-electron chi connectivity index (χ0n) is 10.8. The van der Waals surface area contributed by atoms with Gasteiger partial charge in [0.15, 0.2) is 0 Å². The van der Waals surface area contributed by atoms with Crippen molar-refractivity contribution >= 4 is 44.8 Å². The molecule has 0 heterocycles. The highest BCUT2D eigenvalue weighted by atomic mass is 79.9. The quantitative estimate of drug-likeness (QED) is 0.685. The lowest BCUT2D eigenvalue weighted by atomic mass is 10.0. The zero-order chi connectivity index (χ0) is 14.7. The molecule has 0 aliphatic rings. The number of aromatic hydroxyl groups is 1. The molecule has 0 bridgehead atoms. The maximum absolute atomic E-state index is 10.0. The van der Waals surface area contributed by atoms with Gasteiger partial charge in [0.05, 0.1) is 21.8 Å². The van der Waals surface area contributed by atoms with E-state index in [1.807, 2.05) is 25.1 Å². The second-order valence-electron chi connectivity index (χ2n) is 4.41. The van der Waals surface area contributed by atoms with E-state index < -0.39 is 0 Å². The highest BCUT2D eigenvalue weighted by molar-refractivity contribution is 9.10. The molecule has 2 aromatic carbocycles. The Morgan fingerprint density at radius 1 is 1.25 bits per heavy atom. The van der Waals surface area contributed by atoms with Gasteiger partial charge < -0.3 is 10.4 Å². The second-order valence-corrected chi connectivity index (χ2v) is 6.11. The van der Waals surface area contributed by atoms with Crippen molar-refractivity contribution in [2.24, 2.45) is 0 Å². The monoisotopic (exact) mass is 373 g/mol. The van der Waals surface area contributed by atoms with Gasteiger partial charge in [-0.3, -0.25) is 0 Å². The lowest BCUT2D eigenvalue weighted by molar-refractivity contribution is 0.462. The molecule has 0 aromatic heterocycles. The van der Waals surface area contributed by atoms with E-state index >= 15 is 0 Å². The summed E-state index contributed by atoms with van der Waals surface area (Å²) >= 11 is 15.6. The van der Waals surface area contributed by atoms with E-state index in [1.165, 1.54) is 0 Å². The Labute approximate surface area is 136 Å². The Hall–Kier alpha value is -0.900. The van der Waals surface area contributed by atoms with Gasteiger partial charge in [-0.05, 0) is 36.8 Å². The van der Waals surface area contributed by atoms with Crippen molar-refractivity contribution < 1.29 is 5.11 Å². The molecule has 0 spiro atoms. The van der Waals surface area contributed by atoms with E-state index in [2.05, 4.69) is 21.2 Å². The fourth-order valence-corrected chi connectivity index (χ4v) is 2.74. The zero-order valence-corrected chi connectivity index (χ0v) is 13.9. The van der Waals surface area contributed by atoms with Gasteiger partial charge >= 0.3 is 0 Å². The highest BCUT2D eigenvalue weighted by Gasteiger charge is 2.16. The van der Waals surface area contributed by atoms with Crippen LogP contribution in [-0.2, 0) is 0 Å². The second kappa shape index (κ2) is 6.70. The summed E-state index contributed by atoms with van der Waals surface area (Å²) in [6.45, 7) is 2.04. The normalized spacial score (nSPS) is 12.2. The van der Waals surface area contributed by atoms with Gasteiger partial charge in [0.1, 0.15) is 5.75 Å². The molecule has 2 aromatic rings. The molecular weight excluding hydrogens is 361 g/mol. The maximum atomic E-state index is 10.0. The third-order valence-electron chi connectivity index (χ3n) is 3.05. The number of benzene rings is 2. The van der Waals surface area contributed by atoms with Crippen molar-refractivity contribution in [2.75, 3.05) is 5.32 Å². The number of hydrogen-bond donors (Lipinski definition) is 2. The Balaban J connectivity index is 2.34. The van der Waals surface area contributed by atoms with Crippen molar-refractivity contribution in [1.29, 1.82) is 0 Å².